The van der Waals surface area contributed by atoms with Gasteiger partial charge < -0.3 is 48.5 Å². The molecule has 0 saturated carbocycles. The number of hydrogen-bond donors (Lipinski definition) is 3. The maximum atomic E-state index is 12.8. The molecule has 0 bridgehead atoms. The maximum Gasteiger partial charge on any atom is 0.255 e. The standard InChI is InChI=1S/C39H43N3O10/c1-22-9-11-27-26(15-22)39(43)41-38(40-27)23-10-12-29(31(16-23)44-2)50-13-8-14-51-37-34(47-5)19-25(20-35(37)48-6)30-21-28(42-52-30)24-17-32(45-3)36(49-7)33(18-24)46-4/h9-12,15-21,30,38,40,42H,8,13-14H2,1-7H3,(H,41,43). The Kier molecular flexibility index (Phi) is 11.0. The highest BCUT2D eigenvalue weighted by atomic mass is 16.7. The summed E-state index contributed by atoms with van der Waals surface area (Å²) >= 11 is 0. The SMILES string of the molecule is COc1cc(C2NC(=O)c3cc(C)ccc3N2)ccc1OCCCOc1c(OC)cc(C2C=C(c3cc(OC)c(OC)c(OC)c3)NO2)cc1OC. The lowest BCUT2D eigenvalue weighted by molar-refractivity contribution is 0.0508. The van der Waals surface area contributed by atoms with Crippen LogP contribution >= 0.6 is 0 Å². The molecule has 0 radical (unpaired) electrons. The van der Waals surface area contributed by atoms with Crippen LogP contribution in [-0.2, 0) is 4.84 Å². The van der Waals surface area contributed by atoms with Crippen molar-refractivity contribution in [2.45, 2.75) is 25.6 Å². The van der Waals surface area contributed by atoms with E-state index in [0.717, 1.165) is 33.6 Å². The predicted molar refractivity (Wildman–Crippen MR) is 194 cm³/mol. The van der Waals surface area contributed by atoms with Crippen LogP contribution in [0.4, 0.5) is 5.69 Å². The molecule has 6 rings (SSSR count). The normalized spacial score (nSPS) is 16.0. The molecule has 1 amide bonds. The van der Waals surface area contributed by atoms with Crippen molar-refractivity contribution in [3.05, 3.63) is 94.6 Å². The molecular weight excluding hydrogens is 670 g/mol. The van der Waals surface area contributed by atoms with Crippen molar-refractivity contribution in [3.63, 3.8) is 0 Å². The van der Waals surface area contributed by atoms with Crippen LogP contribution in [0.15, 0.2) is 66.7 Å². The van der Waals surface area contributed by atoms with E-state index >= 15 is 0 Å². The van der Waals surface area contributed by atoms with E-state index in [1.54, 1.807) is 42.7 Å². The summed E-state index contributed by atoms with van der Waals surface area (Å²) in [5.41, 5.74) is 8.57. The summed E-state index contributed by atoms with van der Waals surface area (Å²) in [4.78, 5) is 18.7. The quantitative estimate of drug-likeness (QED) is 0.118. The molecule has 2 aliphatic heterocycles. The van der Waals surface area contributed by atoms with Crippen LogP contribution < -0.4 is 54.0 Å². The van der Waals surface area contributed by atoms with E-state index in [1.165, 1.54) is 0 Å². The molecule has 0 saturated heterocycles. The van der Waals surface area contributed by atoms with Gasteiger partial charge in [0.1, 0.15) is 12.3 Å². The molecule has 0 aromatic heterocycles. The molecular formula is C39H43N3O10. The largest absolute Gasteiger partial charge is 0.493 e. The number of benzene rings is 4. The lowest BCUT2D eigenvalue weighted by Crippen LogP contribution is -2.38. The van der Waals surface area contributed by atoms with Gasteiger partial charge in [0.25, 0.3) is 5.91 Å². The van der Waals surface area contributed by atoms with Crippen LogP contribution in [0.2, 0.25) is 0 Å². The Balaban J connectivity index is 1.08. The molecule has 4 aromatic rings. The van der Waals surface area contributed by atoms with Crippen molar-refractivity contribution in [2.75, 3.05) is 61.2 Å². The van der Waals surface area contributed by atoms with E-state index in [-0.39, 0.29) is 5.91 Å². The van der Waals surface area contributed by atoms with E-state index < -0.39 is 12.3 Å². The van der Waals surface area contributed by atoms with E-state index in [0.29, 0.717) is 71.2 Å². The monoisotopic (exact) mass is 713 g/mol. The highest BCUT2D eigenvalue weighted by Gasteiger charge is 2.27. The van der Waals surface area contributed by atoms with Gasteiger partial charge in [0.05, 0.1) is 67.1 Å². The molecule has 274 valence electrons. The van der Waals surface area contributed by atoms with Gasteiger partial charge in [-0.1, -0.05) is 17.7 Å². The second-order valence-electron chi connectivity index (χ2n) is 12.0. The van der Waals surface area contributed by atoms with Crippen molar-refractivity contribution in [3.8, 4) is 46.0 Å². The molecule has 0 fully saturated rings. The van der Waals surface area contributed by atoms with Crippen LogP contribution in [0, 0.1) is 6.92 Å². The lowest BCUT2D eigenvalue weighted by atomic mass is 10.0. The van der Waals surface area contributed by atoms with Crippen LogP contribution in [0.1, 0.15) is 51.3 Å². The number of rotatable bonds is 15. The Morgan fingerprint density at radius 2 is 1.27 bits per heavy atom. The number of ether oxygens (including phenoxy) is 8. The summed E-state index contributed by atoms with van der Waals surface area (Å²) in [6.45, 7) is 2.65. The molecule has 4 aromatic carbocycles. The van der Waals surface area contributed by atoms with Crippen LogP contribution in [0.5, 0.6) is 46.0 Å². The third-order valence-corrected chi connectivity index (χ3v) is 8.71. The van der Waals surface area contributed by atoms with E-state index in [2.05, 4.69) is 16.1 Å². The van der Waals surface area contributed by atoms with E-state index in [9.17, 15) is 4.79 Å². The van der Waals surface area contributed by atoms with Gasteiger partial charge in [-0.05, 0) is 72.7 Å². The third kappa shape index (κ3) is 7.40. The topological polar surface area (TPSA) is 136 Å². The van der Waals surface area contributed by atoms with Crippen molar-refractivity contribution < 1.29 is 47.5 Å². The number of hydroxylamine groups is 1. The number of amides is 1. The lowest BCUT2D eigenvalue weighted by Gasteiger charge is -2.28. The van der Waals surface area contributed by atoms with E-state index in [1.807, 2.05) is 73.7 Å². The zero-order chi connectivity index (χ0) is 36.8. The first-order valence-corrected chi connectivity index (χ1v) is 16.6. The summed E-state index contributed by atoms with van der Waals surface area (Å²) < 4.78 is 45.7. The van der Waals surface area contributed by atoms with Gasteiger partial charge in [0.15, 0.2) is 34.5 Å². The van der Waals surface area contributed by atoms with Gasteiger partial charge in [0, 0.05) is 17.7 Å². The molecule has 13 heteroatoms. The molecule has 52 heavy (non-hydrogen) atoms. The Hall–Kier alpha value is -5.95. The maximum absolute atomic E-state index is 12.8. The Morgan fingerprint density at radius 3 is 1.92 bits per heavy atom. The fourth-order valence-corrected chi connectivity index (χ4v) is 6.05. The smallest absolute Gasteiger partial charge is 0.255 e. The first kappa shape index (κ1) is 35.9. The summed E-state index contributed by atoms with van der Waals surface area (Å²) in [6, 6.07) is 18.7. The average molecular weight is 714 g/mol. The first-order chi connectivity index (χ1) is 25.3. The molecule has 13 nitrogen and oxygen atoms in total. The van der Waals surface area contributed by atoms with Crippen LogP contribution in [0.25, 0.3) is 5.70 Å². The van der Waals surface area contributed by atoms with Gasteiger partial charge in [0.2, 0.25) is 11.5 Å². The third-order valence-electron chi connectivity index (χ3n) is 8.71. The number of methoxy groups -OCH3 is 6. The molecule has 2 atom stereocenters. The average Bonchev–Trinajstić information content (AvgIpc) is 3.67. The van der Waals surface area contributed by atoms with Crippen molar-refractivity contribution >= 4 is 17.3 Å². The summed E-state index contributed by atoms with van der Waals surface area (Å²) in [7, 11) is 9.43. The number of hydrogen-bond acceptors (Lipinski definition) is 12. The molecule has 3 N–H and O–H groups in total. The highest BCUT2D eigenvalue weighted by molar-refractivity contribution is 6.01. The second-order valence-corrected chi connectivity index (χ2v) is 12.0. The fraction of sp³-hybridized carbons (Fsp3) is 0.308. The van der Waals surface area contributed by atoms with Gasteiger partial charge in [-0.25, -0.2) is 0 Å². The number of nitrogens with one attached hydrogen (secondary N) is 3. The number of aryl methyl sites for hydroxylation is 1. The molecule has 2 aliphatic rings. The number of fused-ring (bicyclic) bond motifs is 1. The number of carbonyl (C=O) groups excluding carboxylic acids is 1. The van der Waals surface area contributed by atoms with Gasteiger partial charge >= 0.3 is 0 Å². The van der Waals surface area contributed by atoms with Crippen molar-refractivity contribution in [1.82, 2.24) is 10.8 Å². The van der Waals surface area contributed by atoms with Gasteiger partial charge in [-0.15, -0.1) is 0 Å². The summed E-state index contributed by atoms with van der Waals surface area (Å²) in [5.74, 6) is 4.01. The Morgan fingerprint density at radius 1 is 0.635 bits per heavy atom. The fourth-order valence-electron chi connectivity index (χ4n) is 6.05. The summed E-state index contributed by atoms with van der Waals surface area (Å²) in [6.07, 6.45) is 1.64. The first-order valence-electron chi connectivity index (χ1n) is 16.6. The highest BCUT2D eigenvalue weighted by Crippen LogP contribution is 2.44. The second kappa shape index (κ2) is 15.9. The molecule has 2 unspecified atom stereocenters. The van der Waals surface area contributed by atoms with Crippen LogP contribution in [0.3, 0.4) is 0 Å². The predicted octanol–water partition coefficient (Wildman–Crippen LogP) is 6.37. The minimum Gasteiger partial charge on any atom is -0.493 e. The summed E-state index contributed by atoms with van der Waals surface area (Å²) in [5, 5.41) is 6.40. The number of anilines is 1. The molecule has 0 spiro atoms. The van der Waals surface area contributed by atoms with Gasteiger partial charge in [-0.3, -0.25) is 15.1 Å². The Labute approximate surface area is 302 Å². The number of carbonyl (C=O) groups is 1. The minimum absolute atomic E-state index is 0.132. The van der Waals surface area contributed by atoms with E-state index in [4.69, 9.17) is 42.7 Å². The Bertz CT molecular complexity index is 1910. The van der Waals surface area contributed by atoms with Gasteiger partial charge in [-0.2, -0.15) is 0 Å². The zero-order valence-corrected chi connectivity index (χ0v) is 30.2. The zero-order valence-electron chi connectivity index (χ0n) is 30.2. The van der Waals surface area contributed by atoms with Crippen molar-refractivity contribution in [2.24, 2.45) is 0 Å². The van der Waals surface area contributed by atoms with Crippen molar-refractivity contribution in [1.29, 1.82) is 0 Å². The minimum atomic E-state index is -0.453. The molecule has 2 heterocycles. The van der Waals surface area contributed by atoms with Crippen LogP contribution in [-0.4, -0.2) is 61.8 Å². The molecule has 0 aliphatic carbocycles.